The van der Waals surface area contributed by atoms with Crippen LogP contribution in [0.2, 0.25) is 0 Å². The Hall–Kier alpha value is -3.88. The summed E-state index contributed by atoms with van der Waals surface area (Å²) in [6, 6.07) is 14.5. The number of carboxylic acids is 1. The maximum Gasteiger partial charge on any atom is 0.304 e. The zero-order valence-electron chi connectivity index (χ0n) is 20.2. The molecule has 2 aromatic rings. The molecule has 0 radical (unpaired) electrons. The van der Waals surface area contributed by atoms with Crippen LogP contribution in [0.1, 0.15) is 37.7 Å². The highest BCUT2D eigenvalue weighted by atomic mass is 16.5. The molecule has 2 amide bonds. The van der Waals surface area contributed by atoms with Crippen LogP contribution in [0.5, 0.6) is 5.75 Å². The Morgan fingerprint density at radius 1 is 1.00 bits per heavy atom. The fourth-order valence-corrected chi connectivity index (χ4v) is 4.88. The van der Waals surface area contributed by atoms with E-state index in [-0.39, 0.29) is 43.3 Å². The molecule has 0 aliphatic carbocycles. The molecule has 2 heterocycles. The first kappa shape index (κ1) is 25.2. The topological polar surface area (TPSA) is 137 Å². The van der Waals surface area contributed by atoms with Crippen molar-refractivity contribution in [2.75, 3.05) is 26.2 Å². The molecule has 0 saturated carbocycles. The summed E-state index contributed by atoms with van der Waals surface area (Å²) in [5, 5.41) is 16.7. The van der Waals surface area contributed by atoms with E-state index in [0.29, 0.717) is 30.8 Å². The predicted octanol–water partition coefficient (Wildman–Crippen LogP) is 2.72. The molecule has 2 aliphatic rings. The van der Waals surface area contributed by atoms with Gasteiger partial charge in [-0.1, -0.05) is 36.4 Å². The molecule has 2 saturated heterocycles. The molecule has 36 heavy (non-hydrogen) atoms. The lowest BCUT2D eigenvalue weighted by Gasteiger charge is -2.30. The van der Waals surface area contributed by atoms with E-state index in [1.165, 1.54) is 4.90 Å². The van der Waals surface area contributed by atoms with Gasteiger partial charge < -0.3 is 25.4 Å². The molecule has 2 atom stereocenters. The van der Waals surface area contributed by atoms with Crippen molar-refractivity contribution in [2.45, 2.75) is 38.1 Å². The van der Waals surface area contributed by atoms with Gasteiger partial charge in [-0.3, -0.25) is 19.8 Å². The van der Waals surface area contributed by atoms with Crippen LogP contribution in [0.3, 0.4) is 0 Å². The second-order valence-electron chi connectivity index (χ2n) is 9.42. The second-order valence-corrected chi connectivity index (χ2v) is 9.42. The highest BCUT2D eigenvalue weighted by Crippen LogP contribution is 2.29. The zero-order valence-corrected chi connectivity index (χ0v) is 20.2. The number of hydrogen-bond acceptors (Lipinski definition) is 5. The van der Waals surface area contributed by atoms with Gasteiger partial charge in [-0.15, -0.1) is 0 Å². The minimum atomic E-state index is -1.02. The van der Waals surface area contributed by atoms with Crippen LogP contribution in [-0.2, 0) is 14.4 Å². The van der Waals surface area contributed by atoms with Gasteiger partial charge in [0.2, 0.25) is 11.8 Å². The quantitative estimate of drug-likeness (QED) is 0.364. The number of carbonyl (C=O) groups excluding carboxylic acids is 2. The minimum absolute atomic E-state index is 0.0213. The number of piperidine rings is 1. The molecule has 4 N–H and O–H groups in total. The van der Waals surface area contributed by atoms with E-state index < -0.39 is 11.9 Å². The molecule has 0 aromatic heterocycles. The second kappa shape index (κ2) is 11.2. The monoisotopic (exact) mass is 492 g/mol. The number of carbonyl (C=O) groups is 3. The third-order valence-electron chi connectivity index (χ3n) is 6.89. The molecule has 0 bridgehead atoms. The van der Waals surface area contributed by atoms with Crippen LogP contribution < -0.4 is 10.5 Å². The first-order chi connectivity index (χ1) is 17.3. The van der Waals surface area contributed by atoms with Crippen LogP contribution in [0.4, 0.5) is 0 Å². The van der Waals surface area contributed by atoms with Crippen molar-refractivity contribution in [3.8, 4) is 16.9 Å². The summed E-state index contributed by atoms with van der Waals surface area (Å²) < 4.78 is 5.98. The van der Waals surface area contributed by atoms with Crippen LogP contribution in [0, 0.1) is 11.3 Å². The third-order valence-corrected chi connectivity index (χ3v) is 6.89. The highest BCUT2D eigenvalue weighted by molar-refractivity contribution is 5.95. The number of ether oxygens (including phenoxy) is 1. The standard InChI is InChI=1S/C27H32N4O5/c28-26(29)20-6-4-18(5-7-20)19-8-10-23(11-9-19)36-17-22-14-21(15-25(33)34)27(35)31(22)16-24(32)30-12-2-1-3-13-30/h4-11,21-22H,1-3,12-17H2,(H3,28,29)(H,33,34)/t21-,22-/m0/s1. The molecule has 2 fully saturated rings. The summed E-state index contributed by atoms with van der Waals surface area (Å²) in [6.07, 6.45) is 3.13. The largest absolute Gasteiger partial charge is 0.491 e. The van der Waals surface area contributed by atoms with Gasteiger partial charge in [0.05, 0.1) is 18.4 Å². The predicted molar refractivity (Wildman–Crippen MR) is 135 cm³/mol. The van der Waals surface area contributed by atoms with E-state index in [1.807, 2.05) is 36.4 Å². The van der Waals surface area contributed by atoms with Crippen molar-refractivity contribution in [3.63, 3.8) is 0 Å². The fourth-order valence-electron chi connectivity index (χ4n) is 4.88. The number of aliphatic carboxylic acids is 1. The fraction of sp³-hybridized carbons (Fsp3) is 0.407. The van der Waals surface area contributed by atoms with E-state index in [4.69, 9.17) is 15.9 Å². The molecule has 0 unspecified atom stereocenters. The molecule has 2 aliphatic heterocycles. The van der Waals surface area contributed by atoms with Gasteiger partial charge in [0, 0.05) is 18.7 Å². The van der Waals surface area contributed by atoms with E-state index in [0.717, 1.165) is 30.4 Å². The lowest BCUT2D eigenvalue weighted by molar-refractivity contribution is -0.144. The van der Waals surface area contributed by atoms with Gasteiger partial charge in [0.1, 0.15) is 24.7 Å². The average molecular weight is 493 g/mol. The van der Waals surface area contributed by atoms with E-state index in [2.05, 4.69) is 0 Å². The number of nitrogens with two attached hydrogens (primary N) is 1. The third kappa shape index (κ3) is 6.02. The Morgan fingerprint density at radius 2 is 1.61 bits per heavy atom. The number of nitrogens with zero attached hydrogens (tertiary/aromatic N) is 2. The van der Waals surface area contributed by atoms with Crippen LogP contribution in [0.25, 0.3) is 11.1 Å². The Morgan fingerprint density at radius 3 is 2.19 bits per heavy atom. The smallest absolute Gasteiger partial charge is 0.304 e. The first-order valence-corrected chi connectivity index (χ1v) is 12.3. The molecule has 0 spiro atoms. The maximum absolute atomic E-state index is 13.0. The molecule has 2 aromatic carbocycles. The summed E-state index contributed by atoms with van der Waals surface area (Å²) in [7, 11) is 0. The molecule has 9 nitrogen and oxygen atoms in total. The number of nitrogens with one attached hydrogen (secondary N) is 1. The highest BCUT2D eigenvalue weighted by Gasteiger charge is 2.42. The van der Waals surface area contributed by atoms with Gasteiger partial charge in [-0.2, -0.15) is 0 Å². The number of rotatable bonds is 9. The zero-order chi connectivity index (χ0) is 25.7. The number of hydrogen-bond donors (Lipinski definition) is 3. The van der Waals surface area contributed by atoms with E-state index in [1.54, 1.807) is 17.0 Å². The van der Waals surface area contributed by atoms with Crippen LogP contribution in [-0.4, -0.2) is 70.8 Å². The summed E-state index contributed by atoms with van der Waals surface area (Å²) in [6.45, 7) is 1.54. The Balaban J connectivity index is 1.40. The Kier molecular flexibility index (Phi) is 7.87. The van der Waals surface area contributed by atoms with Gasteiger partial charge in [-0.25, -0.2) is 0 Å². The van der Waals surface area contributed by atoms with Gasteiger partial charge in [-0.05, 0) is 48.9 Å². The lowest BCUT2D eigenvalue weighted by Crippen LogP contribution is -2.47. The van der Waals surface area contributed by atoms with Crippen LogP contribution in [0.15, 0.2) is 48.5 Å². The Labute approximate surface area is 210 Å². The van der Waals surface area contributed by atoms with Crippen molar-refractivity contribution < 1.29 is 24.2 Å². The SMILES string of the molecule is N=C(N)c1ccc(-c2ccc(OC[C@@H]3C[C@@H](CC(=O)O)C(=O)N3CC(=O)N3CCCCC3)cc2)cc1. The number of carboxylic acid groups (broad SMARTS) is 1. The summed E-state index contributed by atoms with van der Waals surface area (Å²) in [5.74, 6) is -1.41. The van der Waals surface area contributed by atoms with Crippen molar-refractivity contribution in [1.29, 1.82) is 5.41 Å². The molecule has 190 valence electrons. The minimum Gasteiger partial charge on any atom is -0.491 e. The molecule has 9 heteroatoms. The summed E-state index contributed by atoms with van der Waals surface area (Å²) >= 11 is 0. The summed E-state index contributed by atoms with van der Waals surface area (Å²) in [4.78, 5) is 40.4. The normalized spacial score (nSPS) is 19.8. The Bertz CT molecular complexity index is 1110. The van der Waals surface area contributed by atoms with Crippen molar-refractivity contribution in [1.82, 2.24) is 9.80 Å². The van der Waals surface area contributed by atoms with Gasteiger partial charge >= 0.3 is 5.97 Å². The number of amides is 2. The maximum atomic E-state index is 13.0. The van der Waals surface area contributed by atoms with Crippen molar-refractivity contribution in [2.24, 2.45) is 11.7 Å². The molecule has 4 rings (SSSR count). The number of likely N-dealkylation sites (tertiary alicyclic amines) is 2. The van der Waals surface area contributed by atoms with Crippen molar-refractivity contribution in [3.05, 3.63) is 54.1 Å². The van der Waals surface area contributed by atoms with Gasteiger partial charge in [0.15, 0.2) is 0 Å². The van der Waals surface area contributed by atoms with Crippen LogP contribution >= 0.6 is 0 Å². The van der Waals surface area contributed by atoms with Gasteiger partial charge in [0.25, 0.3) is 0 Å². The number of nitrogen functional groups attached to an aromatic ring is 1. The van der Waals surface area contributed by atoms with E-state index in [9.17, 15) is 19.5 Å². The summed E-state index contributed by atoms with van der Waals surface area (Å²) in [5.41, 5.74) is 8.13. The molecular weight excluding hydrogens is 460 g/mol. The number of benzene rings is 2. The number of amidine groups is 1. The van der Waals surface area contributed by atoms with Crippen molar-refractivity contribution >= 4 is 23.6 Å². The van der Waals surface area contributed by atoms with E-state index >= 15 is 0 Å². The lowest BCUT2D eigenvalue weighted by atomic mass is 10.0. The first-order valence-electron chi connectivity index (χ1n) is 12.3. The molecular formula is C27H32N4O5. The average Bonchev–Trinajstić information content (AvgIpc) is 3.17.